The highest BCUT2D eigenvalue weighted by atomic mass is 79.9. The van der Waals surface area contributed by atoms with Crippen molar-refractivity contribution in [3.05, 3.63) is 22.6 Å². The number of rotatable bonds is 7. The standard InChI is InChI=1S/C15H24BrNO2/c1-12(14-8-9-15(16)19-14)17-10-5-11-18-13-6-3-2-4-7-13/h8-9,12-13,17H,2-7,10-11H2,1H3. The first-order valence-electron chi connectivity index (χ1n) is 7.36. The summed E-state index contributed by atoms with van der Waals surface area (Å²) in [7, 11) is 0. The summed E-state index contributed by atoms with van der Waals surface area (Å²) in [5.41, 5.74) is 0. The van der Waals surface area contributed by atoms with Gasteiger partial charge in [0.1, 0.15) is 5.76 Å². The van der Waals surface area contributed by atoms with Gasteiger partial charge in [-0.2, -0.15) is 0 Å². The van der Waals surface area contributed by atoms with E-state index in [-0.39, 0.29) is 6.04 Å². The molecule has 0 saturated heterocycles. The number of halogens is 1. The Hall–Kier alpha value is -0.320. The van der Waals surface area contributed by atoms with Crippen LogP contribution >= 0.6 is 15.9 Å². The van der Waals surface area contributed by atoms with Gasteiger partial charge in [0, 0.05) is 6.61 Å². The quantitative estimate of drug-likeness (QED) is 0.751. The fourth-order valence-corrected chi connectivity index (χ4v) is 2.85. The van der Waals surface area contributed by atoms with Crippen molar-refractivity contribution >= 4 is 15.9 Å². The minimum atomic E-state index is 0.251. The maximum absolute atomic E-state index is 5.90. The van der Waals surface area contributed by atoms with Crippen LogP contribution in [0.1, 0.15) is 57.3 Å². The molecule has 2 rings (SSSR count). The smallest absolute Gasteiger partial charge is 0.169 e. The van der Waals surface area contributed by atoms with Crippen molar-refractivity contribution in [2.45, 2.75) is 57.6 Å². The minimum Gasteiger partial charge on any atom is -0.453 e. The second-order valence-corrected chi connectivity index (χ2v) is 6.08. The van der Waals surface area contributed by atoms with Crippen LogP contribution in [-0.4, -0.2) is 19.3 Å². The third-order valence-corrected chi connectivity index (χ3v) is 4.12. The average Bonchev–Trinajstić information content (AvgIpc) is 2.86. The molecule has 0 aliphatic heterocycles. The molecule has 0 amide bonds. The Balaban J connectivity index is 1.54. The molecule has 1 aliphatic rings. The van der Waals surface area contributed by atoms with Gasteiger partial charge in [-0.3, -0.25) is 0 Å². The lowest BCUT2D eigenvalue weighted by Crippen LogP contribution is -2.22. The van der Waals surface area contributed by atoms with Gasteiger partial charge in [0.05, 0.1) is 12.1 Å². The molecule has 1 aromatic rings. The summed E-state index contributed by atoms with van der Waals surface area (Å²) in [5, 5.41) is 3.46. The van der Waals surface area contributed by atoms with Crippen LogP contribution in [0.2, 0.25) is 0 Å². The minimum absolute atomic E-state index is 0.251. The zero-order valence-corrected chi connectivity index (χ0v) is 13.2. The normalized spacial score (nSPS) is 18.6. The van der Waals surface area contributed by atoms with Crippen LogP contribution in [0.25, 0.3) is 0 Å². The highest BCUT2D eigenvalue weighted by molar-refractivity contribution is 9.10. The molecule has 4 heteroatoms. The van der Waals surface area contributed by atoms with Crippen molar-refractivity contribution in [1.82, 2.24) is 5.32 Å². The molecule has 1 heterocycles. The largest absolute Gasteiger partial charge is 0.453 e. The molecule has 1 unspecified atom stereocenters. The van der Waals surface area contributed by atoms with Crippen molar-refractivity contribution in [2.24, 2.45) is 0 Å². The zero-order valence-electron chi connectivity index (χ0n) is 11.7. The van der Waals surface area contributed by atoms with E-state index in [1.165, 1.54) is 32.1 Å². The predicted molar refractivity (Wildman–Crippen MR) is 80.3 cm³/mol. The lowest BCUT2D eigenvalue weighted by Gasteiger charge is -2.22. The lowest BCUT2D eigenvalue weighted by molar-refractivity contribution is 0.0271. The second kappa shape index (κ2) is 8.08. The Labute approximate surface area is 124 Å². The monoisotopic (exact) mass is 329 g/mol. The summed E-state index contributed by atoms with van der Waals surface area (Å²) in [5.74, 6) is 0.972. The van der Waals surface area contributed by atoms with Crippen molar-refractivity contribution in [1.29, 1.82) is 0 Å². The lowest BCUT2D eigenvalue weighted by atomic mass is 9.98. The highest BCUT2D eigenvalue weighted by Gasteiger charge is 2.13. The first-order valence-corrected chi connectivity index (χ1v) is 8.15. The summed E-state index contributed by atoms with van der Waals surface area (Å²) in [6.45, 7) is 3.95. The van der Waals surface area contributed by atoms with Gasteiger partial charge in [0.2, 0.25) is 0 Å². The van der Waals surface area contributed by atoms with E-state index in [1.54, 1.807) is 0 Å². The van der Waals surface area contributed by atoms with Crippen molar-refractivity contribution in [2.75, 3.05) is 13.2 Å². The highest BCUT2D eigenvalue weighted by Crippen LogP contribution is 2.21. The molecule has 1 N–H and O–H groups in total. The molecule has 0 bridgehead atoms. The number of hydrogen-bond acceptors (Lipinski definition) is 3. The van der Waals surface area contributed by atoms with Crippen LogP contribution in [0.4, 0.5) is 0 Å². The van der Waals surface area contributed by atoms with E-state index in [2.05, 4.69) is 28.2 Å². The third-order valence-electron chi connectivity index (χ3n) is 3.70. The van der Waals surface area contributed by atoms with Gasteiger partial charge >= 0.3 is 0 Å². The number of ether oxygens (including phenoxy) is 1. The first-order chi connectivity index (χ1) is 9.25. The average molecular weight is 330 g/mol. The molecule has 1 aliphatic carbocycles. The topological polar surface area (TPSA) is 34.4 Å². The van der Waals surface area contributed by atoms with Gasteiger partial charge in [-0.05, 0) is 60.8 Å². The van der Waals surface area contributed by atoms with Crippen molar-refractivity contribution in [3.8, 4) is 0 Å². The Bertz CT molecular complexity index is 361. The summed E-state index contributed by atoms with van der Waals surface area (Å²) in [6, 6.07) is 4.18. The molecular weight excluding hydrogens is 306 g/mol. The van der Waals surface area contributed by atoms with E-state index >= 15 is 0 Å². The summed E-state index contributed by atoms with van der Waals surface area (Å²) < 4.78 is 12.2. The van der Waals surface area contributed by atoms with Crippen LogP contribution in [0.15, 0.2) is 21.2 Å². The predicted octanol–water partition coefficient (Wildman–Crippen LogP) is 4.43. The molecular formula is C15H24BrNO2. The van der Waals surface area contributed by atoms with Crippen LogP contribution < -0.4 is 5.32 Å². The van der Waals surface area contributed by atoms with Gasteiger partial charge in [-0.25, -0.2) is 0 Å². The van der Waals surface area contributed by atoms with E-state index in [0.29, 0.717) is 6.10 Å². The summed E-state index contributed by atoms with van der Waals surface area (Å²) in [4.78, 5) is 0. The molecule has 0 aromatic carbocycles. The second-order valence-electron chi connectivity index (χ2n) is 5.30. The Kier molecular flexibility index (Phi) is 6.41. The maximum Gasteiger partial charge on any atom is 0.169 e. The summed E-state index contributed by atoms with van der Waals surface area (Å²) >= 11 is 3.32. The number of hydrogen-bond donors (Lipinski definition) is 1. The molecule has 1 fully saturated rings. The van der Waals surface area contributed by atoms with E-state index in [9.17, 15) is 0 Å². The van der Waals surface area contributed by atoms with Crippen LogP contribution in [0.5, 0.6) is 0 Å². The van der Waals surface area contributed by atoms with Gasteiger partial charge in [0.15, 0.2) is 4.67 Å². The molecule has 0 radical (unpaired) electrons. The fraction of sp³-hybridized carbons (Fsp3) is 0.733. The number of nitrogens with one attached hydrogen (secondary N) is 1. The van der Waals surface area contributed by atoms with Gasteiger partial charge < -0.3 is 14.5 Å². The van der Waals surface area contributed by atoms with Crippen molar-refractivity contribution in [3.63, 3.8) is 0 Å². The molecule has 1 saturated carbocycles. The SMILES string of the molecule is CC(NCCCOC1CCCCC1)c1ccc(Br)o1. The Morgan fingerprint density at radius 1 is 1.37 bits per heavy atom. The molecule has 0 spiro atoms. The molecule has 1 aromatic heterocycles. The van der Waals surface area contributed by atoms with Gasteiger partial charge in [-0.15, -0.1) is 0 Å². The van der Waals surface area contributed by atoms with Crippen molar-refractivity contribution < 1.29 is 9.15 Å². The molecule has 19 heavy (non-hydrogen) atoms. The zero-order chi connectivity index (χ0) is 13.5. The molecule has 1 atom stereocenters. The molecule has 108 valence electrons. The van der Waals surface area contributed by atoms with Gasteiger partial charge in [-0.1, -0.05) is 19.3 Å². The summed E-state index contributed by atoms with van der Waals surface area (Å²) in [6.07, 6.45) is 8.15. The Morgan fingerprint density at radius 3 is 2.84 bits per heavy atom. The fourth-order valence-electron chi connectivity index (χ4n) is 2.53. The van der Waals surface area contributed by atoms with E-state index < -0.39 is 0 Å². The van der Waals surface area contributed by atoms with Gasteiger partial charge in [0.25, 0.3) is 0 Å². The van der Waals surface area contributed by atoms with Crippen LogP contribution in [0, 0.1) is 0 Å². The van der Waals surface area contributed by atoms with Crippen LogP contribution in [-0.2, 0) is 4.74 Å². The molecule has 3 nitrogen and oxygen atoms in total. The maximum atomic E-state index is 5.90. The van der Waals surface area contributed by atoms with E-state index in [1.807, 2.05) is 12.1 Å². The van der Waals surface area contributed by atoms with E-state index in [0.717, 1.165) is 30.0 Å². The number of furan rings is 1. The Morgan fingerprint density at radius 2 is 2.16 bits per heavy atom. The van der Waals surface area contributed by atoms with E-state index in [4.69, 9.17) is 9.15 Å². The first kappa shape index (κ1) is 15.1. The van der Waals surface area contributed by atoms with Crippen LogP contribution in [0.3, 0.4) is 0 Å². The third kappa shape index (κ3) is 5.28.